The maximum atomic E-state index is 12.1. The van der Waals surface area contributed by atoms with Crippen LogP contribution in [0.1, 0.15) is 53.9 Å². The highest BCUT2D eigenvalue weighted by Gasteiger charge is 2.57. The largest absolute Gasteiger partial charge is 0.394 e. The van der Waals surface area contributed by atoms with E-state index < -0.39 is 5.79 Å². The van der Waals surface area contributed by atoms with Crippen LogP contribution < -0.4 is 0 Å². The average molecular weight is 284 g/mol. The van der Waals surface area contributed by atoms with Gasteiger partial charge < -0.3 is 14.6 Å². The van der Waals surface area contributed by atoms with Crippen LogP contribution in [0.3, 0.4) is 0 Å². The van der Waals surface area contributed by atoms with Gasteiger partial charge in [0.15, 0.2) is 5.79 Å². The SMILES string of the molecule is CC(=O)C1C(C)(C)CC2(CC1(C)C)OCCC(CO)O2. The van der Waals surface area contributed by atoms with E-state index >= 15 is 0 Å². The highest BCUT2D eigenvalue weighted by atomic mass is 16.7. The first kappa shape index (κ1) is 15.9. The van der Waals surface area contributed by atoms with Crippen molar-refractivity contribution in [1.82, 2.24) is 0 Å². The van der Waals surface area contributed by atoms with E-state index in [4.69, 9.17) is 9.47 Å². The minimum Gasteiger partial charge on any atom is -0.394 e. The standard InChI is InChI=1S/C16H28O4/c1-11(18)13-14(2,3)9-16(10-15(13,4)5)19-7-6-12(8-17)20-16/h12-13,17H,6-10H2,1-5H3. The van der Waals surface area contributed by atoms with E-state index in [1.165, 1.54) is 0 Å². The third-order valence-corrected chi connectivity index (χ3v) is 4.81. The molecule has 1 spiro atoms. The van der Waals surface area contributed by atoms with Crippen LogP contribution in [0.15, 0.2) is 0 Å². The molecule has 20 heavy (non-hydrogen) atoms. The molecule has 0 aromatic carbocycles. The number of hydrogen-bond acceptors (Lipinski definition) is 4. The number of ketones is 1. The molecule has 2 fully saturated rings. The highest BCUT2D eigenvalue weighted by molar-refractivity contribution is 5.80. The first-order valence-corrected chi connectivity index (χ1v) is 7.55. The second-order valence-electron chi connectivity index (χ2n) is 7.84. The zero-order valence-corrected chi connectivity index (χ0v) is 13.4. The Bertz CT molecular complexity index is 368. The zero-order chi connectivity index (χ0) is 15.2. The van der Waals surface area contributed by atoms with Crippen LogP contribution in [0.4, 0.5) is 0 Å². The lowest BCUT2D eigenvalue weighted by atomic mass is 9.54. The summed E-state index contributed by atoms with van der Waals surface area (Å²) in [5.41, 5.74) is -0.351. The van der Waals surface area contributed by atoms with Crippen LogP contribution in [0.5, 0.6) is 0 Å². The molecule has 4 nitrogen and oxygen atoms in total. The summed E-state index contributed by atoms with van der Waals surface area (Å²) >= 11 is 0. The molecule has 1 aliphatic heterocycles. The van der Waals surface area contributed by atoms with E-state index in [1.807, 2.05) is 0 Å². The Hall–Kier alpha value is -0.450. The Kier molecular flexibility index (Phi) is 4.04. The molecule has 2 aliphatic rings. The van der Waals surface area contributed by atoms with Gasteiger partial charge in [-0.05, 0) is 24.2 Å². The number of hydrogen-bond donors (Lipinski definition) is 1. The summed E-state index contributed by atoms with van der Waals surface area (Å²) < 4.78 is 12.1. The van der Waals surface area contributed by atoms with Crippen molar-refractivity contribution in [3.05, 3.63) is 0 Å². The quantitative estimate of drug-likeness (QED) is 0.846. The van der Waals surface area contributed by atoms with Gasteiger partial charge in [0, 0.05) is 18.8 Å². The summed E-state index contributed by atoms with van der Waals surface area (Å²) in [7, 11) is 0. The van der Waals surface area contributed by atoms with Crippen molar-refractivity contribution in [2.24, 2.45) is 16.7 Å². The van der Waals surface area contributed by atoms with E-state index in [2.05, 4.69) is 27.7 Å². The highest BCUT2D eigenvalue weighted by Crippen LogP contribution is 2.57. The molecule has 1 saturated carbocycles. The fourth-order valence-corrected chi connectivity index (χ4v) is 4.90. The summed E-state index contributed by atoms with van der Waals surface area (Å²) in [5.74, 6) is -0.406. The van der Waals surface area contributed by atoms with Crippen LogP contribution in [0, 0.1) is 16.7 Å². The molecule has 1 aliphatic carbocycles. The minimum atomic E-state index is -0.648. The number of aliphatic hydroxyl groups is 1. The first-order chi connectivity index (χ1) is 9.12. The van der Waals surface area contributed by atoms with Crippen LogP contribution in [-0.2, 0) is 14.3 Å². The van der Waals surface area contributed by atoms with Crippen molar-refractivity contribution < 1.29 is 19.4 Å². The molecule has 1 atom stereocenters. The van der Waals surface area contributed by atoms with Gasteiger partial charge in [0.2, 0.25) is 0 Å². The van der Waals surface area contributed by atoms with Gasteiger partial charge in [-0.15, -0.1) is 0 Å². The summed E-state index contributed by atoms with van der Waals surface area (Å²) in [4.78, 5) is 12.1. The topological polar surface area (TPSA) is 55.8 Å². The molecule has 1 saturated heterocycles. The van der Waals surface area contributed by atoms with Crippen LogP contribution >= 0.6 is 0 Å². The van der Waals surface area contributed by atoms with Crippen molar-refractivity contribution in [3.63, 3.8) is 0 Å². The maximum absolute atomic E-state index is 12.1. The smallest absolute Gasteiger partial charge is 0.169 e. The first-order valence-electron chi connectivity index (χ1n) is 7.55. The number of rotatable bonds is 2. The van der Waals surface area contributed by atoms with E-state index in [-0.39, 0.29) is 35.2 Å². The van der Waals surface area contributed by atoms with E-state index in [9.17, 15) is 9.90 Å². The summed E-state index contributed by atoms with van der Waals surface area (Å²) in [5, 5.41) is 9.37. The van der Waals surface area contributed by atoms with Gasteiger partial charge >= 0.3 is 0 Å². The lowest BCUT2D eigenvalue weighted by Gasteiger charge is -2.57. The molecule has 1 heterocycles. The molecule has 116 valence electrons. The molecule has 2 rings (SSSR count). The molecule has 0 bridgehead atoms. The van der Waals surface area contributed by atoms with Gasteiger partial charge in [0.05, 0.1) is 19.3 Å². The van der Waals surface area contributed by atoms with Gasteiger partial charge in [-0.1, -0.05) is 27.7 Å². The van der Waals surface area contributed by atoms with Gasteiger partial charge in [-0.2, -0.15) is 0 Å². The van der Waals surface area contributed by atoms with Crippen molar-refractivity contribution >= 4 is 5.78 Å². The Balaban J connectivity index is 2.30. The monoisotopic (exact) mass is 284 g/mol. The number of Topliss-reactive ketones (excluding diaryl/α,β-unsaturated/α-hetero) is 1. The van der Waals surface area contributed by atoms with E-state index in [0.29, 0.717) is 19.4 Å². The molecule has 4 heteroatoms. The summed E-state index contributed by atoms with van der Waals surface area (Å²) in [6.07, 6.45) is 1.98. The second-order valence-corrected chi connectivity index (χ2v) is 7.84. The van der Waals surface area contributed by atoms with Crippen molar-refractivity contribution in [2.75, 3.05) is 13.2 Å². The van der Waals surface area contributed by atoms with Crippen molar-refractivity contribution in [2.45, 2.75) is 65.8 Å². The average Bonchev–Trinajstić information content (AvgIpc) is 2.23. The molecule has 0 amide bonds. The molecule has 1 unspecified atom stereocenters. The van der Waals surface area contributed by atoms with Gasteiger partial charge in [-0.25, -0.2) is 0 Å². The lowest BCUT2D eigenvalue weighted by molar-refractivity contribution is -0.338. The van der Waals surface area contributed by atoms with E-state index in [1.54, 1.807) is 6.92 Å². The number of carbonyl (C=O) groups excluding carboxylic acids is 1. The number of aliphatic hydroxyl groups excluding tert-OH is 1. The molecular formula is C16H28O4. The Morgan fingerprint density at radius 2 is 1.75 bits per heavy atom. The predicted molar refractivity (Wildman–Crippen MR) is 76.2 cm³/mol. The molecule has 1 N–H and O–H groups in total. The number of carbonyl (C=O) groups is 1. The Morgan fingerprint density at radius 3 is 2.20 bits per heavy atom. The van der Waals surface area contributed by atoms with Gasteiger partial charge in [0.25, 0.3) is 0 Å². The zero-order valence-electron chi connectivity index (χ0n) is 13.4. The minimum absolute atomic E-state index is 0.00216. The van der Waals surface area contributed by atoms with Gasteiger partial charge in [0.1, 0.15) is 5.78 Å². The third kappa shape index (κ3) is 2.78. The van der Waals surface area contributed by atoms with Crippen molar-refractivity contribution in [1.29, 1.82) is 0 Å². The number of ether oxygens (including phenoxy) is 2. The fourth-order valence-electron chi connectivity index (χ4n) is 4.90. The molecule has 0 radical (unpaired) electrons. The fraction of sp³-hybridized carbons (Fsp3) is 0.938. The second kappa shape index (κ2) is 5.08. The van der Waals surface area contributed by atoms with Crippen LogP contribution in [-0.4, -0.2) is 36.0 Å². The lowest BCUT2D eigenvalue weighted by Crippen LogP contribution is -2.59. The normalized spacial score (nSPS) is 32.2. The van der Waals surface area contributed by atoms with Gasteiger partial charge in [-0.3, -0.25) is 4.79 Å². The maximum Gasteiger partial charge on any atom is 0.169 e. The molecule has 0 aromatic rings. The summed E-state index contributed by atoms with van der Waals surface area (Å²) in [6, 6.07) is 0. The Labute approximate surface area is 121 Å². The predicted octanol–water partition coefficient (Wildman–Crippen LogP) is 2.53. The molecular weight excluding hydrogens is 256 g/mol. The molecule has 0 aromatic heterocycles. The Morgan fingerprint density at radius 1 is 1.20 bits per heavy atom. The van der Waals surface area contributed by atoms with Crippen LogP contribution in [0.2, 0.25) is 0 Å². The van der Waals surface area contributed by atoms with Crippen molar-refractivity contribution in [3.8, 4) is 0 Å². The van der Waals surface area contributed by atoms with Crippen LogP contribution in [0.25, 0.3) is 0 Å². The van der Waals surface area contributed by atoms with E-state index in [0.717, 1.165) is 6.42 Å². The summed E-state index contributed by atoms with van der Waals surface area (Å²) in [6.45, 7) is 10.8. The third-order valence-electron chi connectivity index (χ3n) is 4.81.